The summed E-state index contributed by atoms with van der Waals surface area (Å²) in [4.78, 5) is 8.33. The van der Waals surface area contributed by atoms with E-state index >= 15 is 0 Å². The fourth-order valence-electron chi connectivity index (χ4n) is 1.78. The zero-order valence-corrected chi connectivity index (χ0v) is 12.0. The monoisotopic (exact) mass is 289 g/mol. The Morgan fingerprint density at radius 1 is 1.19 bits per heavy atom. The summed E-state index contributed by atoms with van der Waals surface area (Å²) in [6, 6.07) is 9.02. The molecule has 0 amide bonds. The number of aliphatic hydroxyl groups is 1. The number of ether oxygens (including phenoxy) is 2. The third-order valence-electron chi connectivity index (χ3n) is 2.75. The molecule has 21 heavy (non-hydrogen) atoms. The summed E-state index contributed by atoms with van der Waals surface area (Å²) in [7, 11) is 0. The zero-order valence-electron chi connectivity index (χ0n) is 12.0. The van der Waals surface area contributed by atoms with Crippen LogP contribution in [0.1, 0.15) is 18.3 Å². The van der Waals surface area contributed by atoms with Crippen LogP contribution in [-0.4, -0.2) is 28.3 Å². The van der Waals surface area contributed by atoms with E-state index in [4.69, 9.17) is 20.3 Å². The van der Waals surface area contributed by atoms with Gasteiger partial charge >= 0.3 is 0 Å². The van der Waals surface area contributed by atoms with Crippen molar-refractivity contribution in [2.75, 3.05) is 18.9 Å². The van der Waals surface area contributed by atoms with E-state index in [2.05, 4.69) is 9.97 Å². The molecule has 0 aliphatic carbocycles. The molecule has 1 heterocycles. The van der Waals surface area contributed by atoms with E-state index in [1.165, 1.54) is 0 Å². The topological polar surface area (TPSA) is 90.5 Å². The SMILES string of the molecule is CCOCc1nc(N)cc(Oc2ccc(CCO)cc2)n1. The average Bonchev–Trinajstić information content (AvgIpc) is 2.47. The van der Waals surface area contributed by atoms with E-state index in [1.54, 1.807) is 6.07 Å². The minimum atomic E-state index is 0.128. The Hall–Kier alpha value is -2.18. The van der Waals surface area contributed by atoms with E-state index < -0.39 is 0 Å². The fourth-order valence-corrected chi connectivity index (χ4v) is 1.78. The van der Waals surface area contributed by atoms with Gasteiger partial charge in [-0.15, -0.1) is 0 Å². The van der Waals surface area contributed by atoms with Gasteiger partial charge in [0, 0.05) is 19.3 Å². The molecule has 0 saturated carbocycles. The second-order valence-corrected chi connectivity index (χ2v) is 4.40. The summed E-state index contributed by atoms with van der Waals surface area (Å²) in [6.45, 7) is 2.91. The van der Waals surface area contributed by atoms with Crippen LogP contribution < -0.4 is 10.5 Å². The van der Waals surface area contributed by atoms with Gasteiger partial charge in [-0.3, -0.25) is 0 Å². The summed E-state index contributed by atoms with van der Waals surface area (Å²) >= 11 is 0. The van der Waals surface area contributed by atoms with E-state index in [0.717, 1.165) is 5.56 Å². The molecule has 0 spiro atoms. The molecule has 6 nitrogen and oxygen atoms in total. The number of nitrogen functional groups attached to an aromatic ring is 1. The quantitative estimate of drug-likeness (QED) is 0.809. The van der Waals surface area contributed by atoms with E-state index in [0.29, 0.717) is 42.9 Å². The van der Waals surface area contributed by atoms with E-state index in [-0.39, 0.29) is 6.61 Å². The van der Waals surface area contributed by atoms with Gasteiger partial charge < -0.3 is 20.3 Å². The lowest BCUT2D eigenvalue weighted by atomic mass is 10.1. The maximum atomic E-state index is 8.88. The number of nitrogens with zero attached hydrogens (tertiary/aromatic N) is 2. The molecule has 0 unspecified atom stereocenters. The van der Waals surface area contributed by atoms with Gasteiger partial charge in [0.15, 0.2) is 5.82 Å². The molecule has 6 heteroatoms. The van der Waals surface area contributed by atoms with Crippen LogP contribution in [-0.2, 0) is 17.8 Å². The molecule has 2 aromatic rings. The predicted molar refractivity (Wildman–Crippen MR) is 79.1 cm³/mol. The molecule has 0 aliphatic heterocycles. The molecule has 0 bridgehead atoms. The fraction of sp³-hybridized carbons (Fsp3) is 0.333. The van der Waals surface area contributed by atoms with Crippen LogP contribution in [0.4, 0.5) is 5.82 Å². The number of hydrogen-bond donors (Lipinski definition) is 2. The standard InChI is InChI=1S/C15H19N3O3/c1-2-20-10-14-17-13(16)9-15(18-14)21-12-5-3-11(4-6-12)7-8-19/h3-6,9,19H,2,7-8,10H2,1H3,(H2,16,17,18). The van der Waals surface area contributed by atoms with Crippen LogP contribution in [0, 0.1) is 0 Å². The lowest BCUT2D eigenvalue weighted by molar-refractivity contribution is 0.128. The second-order valence-electron chi connectivity index (χ2n) is 4.40. The zero-order chi connectivity index (χ0) is 15.1. The Bertz CT molecular complexity index is 573. The number of nitrogens with two attached hydrogens (primary N) is 1. The van der Waals surface area contributed by atoms with Gasteiger partial charge in [0.1, 0.15) is 18.2 Å². The van der Waals surface area contributed by atoms with E-state index in [9.17, 15) is 0 Å². The highest BCUT2D eigenvalue weighted by atomic mass is 16.5. The average molecular weight is 289 g/mol. The highest BCUT2D eigenvalue weighted by Crippen LogP contribution is 2.21. The Morgan fingerprint density at radius 3 is 2.62 bits per heavy atom. The number of aliphatic hydroxyl groups excluding tert-OH is 1. The van der Waals surface area contributed by atoms with E-state index in [1.807, 2.05) is 31.2 Å². The van der Waals surface area contributed by atoms with Crippen molar-refractivity contribution in [3.8, 4) is 11.6 Å². The highest BCUT2D eigenvalue weighted by molar-refractivity contribution is 5.36. The molecule has 0 saturated heterocycles. The molecule has 1 aromatic carbocycles. The third kappa shape index (κ3) is 4.70. The van der Waals surface area contributed by atoms with Crippen LogP contribution in [0.2, 0.25) is 0 Å². The lowest BCUT2D eigenvalue weighted by Gasteiger charge is -2.08. The van der Waals surface area contributed by atoms with Crippen molar-refractivity contribution in [1.82, 2.24) is 9.97 Å². The predicted octanol–water partition coefficient (Wildman–Crippen LogP) is 1.92. The highest BCUT2D eigenvalue weighted by Gasteiger charge is 2.05. The Morgan fingerprint density at radius 2 is 1.95 bits per heavy atom. The lowest BCUT2D eigenvalue weighted by Crippen LogP contribution is -2.03. The second kappa shape index (κ2) is 7.56. The Labute approximate surface area is 123 Å². The van der Waals surface area contributed by atoms with Gasteiger partial charge in [-0.2, -0.15) is 4.98 Å². The van der Waals surface area contributed by atoms with Crippen LogP contribution >= 0.6 is 0 Å². The van der Waals surface area contributed by atoms with Crippen molar-refractivity contribution in [3.05, 3.63) is 41.7 Å². The first-order valence-electron chi connectivity index (χ1n) is 6.80. The molecule has 2 rings (SSSR count). The van der Waals surface area contributed by atoms with Crippen molar-refractivity contribution in [1.29, 1.82) is 0 Å². The molecule has 1 aromatic heterocycles. The first kappa shape index (κ1) is 15.2. The summed E-state index contributed by atoms with van der Waals surface area (Å²) in [5, 5.41) is 8.88. The maximum absolute atomic E-state index is 8.88. The first-order valence-corrected chi connectivity index (χ1v) is 6.80. The summed E-state index contributed by atoms with van der Waals surface area (Å²) in [5.41, 5.74) is 6.78. The van der Waals surface area contributed by atoms with Gasteiger partial charge in [0.25, 0.3) is 0 Å². The summed E-state index contributed by atoms with van der Waals surface area (Å²) in [6.07, 6.45) is 0.624. The Kier molecular flexibility index (Phi) is 5.48. The number of benzene rings is 1. The molecular weight excluding hydrogens is 270 g/mol. The molecule has 0 aliphatic rings. The Balaban J connectivity index is 2.09. The minimum absolute atomic E-state index is 0.128. The van der Waals surface area contributed by atoms with Crippen molar-refractivity contribution >= 4 is 5.82 Å². The molecule has 3 N–H and O–H groups in total. The number of anilines is 1. The number of aromatic nitrogens is 2. The minimum Gasteiger partial charge on any atom is -0.439 e. The van der Waals surface area contributed by atoms with Crippen LogP contribution in [0.5, 0.6) is 11.6 Å². The number of rotatable bonds is 7. The van der Waals surface area contributed by atoms with Crippen LogP contribution in [0.3, 0.4) is 0 Å². The van der Waals surface area contributed by atoms with Crippen molar-refractivity contribution < 1.29 is 14.6 Å². The van der Waals surface area contributed by atoms with Gasteiger partial charge in [-0.25, -0.2) is 4.98 Å². The van der Waals surface area contributed by atoms with Gasteiger partial charge in [-0.05, 0) is 31.0 Å². The molecule has 0 radical (unpaired) electrons. The van der Waals surface area contributed by atoms with Crippen molar-refractivity contribution in [2.45, 2.75) is 20.0 Å². The normalized spacial score (nSPS) is 10.6. The molecule has 0 fully saturated rings. The third-order valence-corrected chi connectivity index (χ3v) is 2.75. The molecule has 0 atom stereocenters. The van der Waals surface area contributed by atoms with Crippen LogP contribution in [0.25, 0.3) is 0 Å². The van der Waals surface area contributed by atoms with Gasteiger partial charge in [-0.1, -0.05) is 12.1 Å². The summed E-state index contributed by atoms with van der Waals surface area (Å²) < 4.78 is 10.9. The van der Waals surface area contributed by atoms with Gasteiger partial charge in [0.2, 0.25) is 5.88 Å². The van der Waals surface area contributed by atoms with Crippen molar-refractivity contribution in [2.24, 2.45) is 0 Å². The largest absolute Gasteiger partial charge is 0.439 e. The van der Waals surface area contributed by atoms with Crippen LogP contribution in [0.15, 0.2) is 30.3 Å². The molecule has 112 valence electrons. The summed E-state index contributed by atoms with van der Waals surface area (Å²) in [5.74, 6) is 1.86. The molecular formula is C15H19N3O3. The smallest absolute Gasteiger partial charge is 0.224 e. The van der Waals surface area contributed by atoms with Crippen molar-refractivity contribution in [3.63, 3.8) is 0 Å². The first-order chi connectivity index (χ1) is 10.2. The van der Waals surface area contributed by atoms with Gasteiger partial charge in [0.05, 0.1) is 0 Å². The maximum Gasteiger partial charge on any atom is 0.224 e. The number of hydrogen-bond acceptors (Lipinski definition) is 6.